The van der Waals surface area contributed by atoms with Crippen LogP contribution in [0.25, 0.3) is 0 Å². The monoisotopic (exact) mass is 370 g/mol. The van der Waals surface area contributed by atoms with E-state index in [1.165, 1.54) is 0 Å². The minimum atomic E-state index is -0.777. The van der Waals surface area contributed by atoms with E-state index in [2.05, 4.69) is 6.07 Å². The van der Waals surface area contributed by atoms with E-state index in [4.69, 9.17) is 19.3 Å². The number of benzene rings is 2. The molecule has 2 aromatic rings. The third-order valence-corrected chi connectivity index (χ3v) is 4.83. The summed E-state index contributed by atoms with van der Waals surface area (Å²) in [5, 5.41) is 8.96. The predicted molar refractivity (Wildman–Crippen MR) is 101 cm³/mol. The van der Waals surface area contributed by atoms with Gasteiger partial charge in [-0.3, -0.25) is 4.79 Å². The lowest BCUT2D eigenvalue weighted by molar-refractivity contribution is -0.186. The highest BCUT2D eigenvalue weighted by molar-refractivity contribution is 5.67. The first kappa shape index (κ1) is 19.5. The van der Waals surface area contributed by atoms with Crippen LogP contribution in [0.1, 0.15) is 23.1 Å². The van der Waals surface area contributed by atoms with E-state index < -0.39 is 5.97 Å². The fourth-order valence-corrected chi connectivity index (χ4v) is 3.34. The summed E-state index contributed by atoms with van der Waals surface area (Å²) in [5.74, 6) is -0.596. The van der Waals surface area contributed by atoms with Crippen molar-refractivity contribution in [2.24, 2.45) is 5.92 Å². The van der Waals surface area contributed by atoms with Gasteiger partial charge in [0.15, 0.2) is 0 Å². The highest BCUT2D eigenvalue weighted by atomic mass is 16.7. The predicted octanol–water partition coefficient (Wildman–Crippen LogP) is 3.45. The molecule has 1 N–H and O–H groups in total. The molecule has 144 valence electrons. The van der Waals surface area contributed by atoms with Crippen molar-refractivity contribution in [1.82, 2.24) is 0 Å². The molecule has 2 atom stereocenters. The molecule has 0 bridgehead atoms. The van der Waals surface area contributed by atoms with Gasteiger partial charge in [0.1, 0.15) is 6.79 Å². The van der Waals surface area contributed by atoms with Crippen LogP contribution in [-0.2, 0) is 38.5 Å². The van der Waals surface area contributed by atoms with E-state index in [0.717, 1.165) is 23.1 Å². The number of carbonyl (C=O) groups is 1. The highest BCUT2D eigenvalue weighted by Gasteiger charge is 2.27. The molecule has 3 rings (SSSR count). The average molecular weight is 370 g/mol. The van der Waals surface area contributed by atoms with Gasteiger partial charge in [0, 0.05) is 12.3 Å². The van der Waals surface area contributed by atoms with Crippen LogP contribution in [0.15, 0.2) is 54.6 Å². The Morgan fingerprint density at radius 1 is 1.07 bits per heavy atom. The number of carboxylic acid groups (broad SMARTS) is 1. The van der Waals surface area contributed by atoms with E-state index in [0.29, 0.717) is 26.2 Å². The van der Waals surface area contributed by atoms with Gasteiger partial charge in [-0.05, 0) is 29.5 Å². The zero-order valence-electron chi connectivity index (χ0n) is 15.4. The van der Waals surface area contributed by atoms with Crippen molar-refractivity contribution < 1.29 is 24.1 Å². The van der Waals surface area contributed by atoms with E-state index in [1.54, 1.807) is 0 Å². The number of hydrogen-bond donors (Lipinski definition) is 1. The average Bonchev–Trinajstić information content (AvgIpc) is 2.69. The number of aliphatic carboxylic acids is 1. The molecule has 0 aliphatic carbocycles. The van der Waals surface area contributed by atoms with Crippen molar-refractivity contribution in [1.29, 1.82) is 0 Å². The van der Waals surface area contributed by atoms with Crippen LogP contribution >= 0.6 is 0 Å². The Morgan fingerprint density at radius 3 is 2.59 bits per heavy atom. The van der Waals surface area contributed by atoms with E-state index in [-0.39, 0.29) is 25.2 Å². The van der Waals surface area contributed by atoms with Gasteiger partial charge in [0.05, 0.1) is 25.9 Å². The normalized spacial score (nSPS) is 19.7. The largest absolute Gasteiger partial charge is 0.481 e. The fraction of sp³-hybridized carbons (Fsp3) is 0.409. The molecule has 0 saturated carbocycles. The standard InChI is InChI=1S/C22H26O5/c23-22(24)11-10-18-8-4-5-9-19(18)12-20-14-26-16-27-21(20)15-25-13-17-6-2-1-3-7-17/h1-9,20-21H,10-16H2,(H,23,24). The molecule has 0 aromatic heterocycles. The van der Waals surface area contributed by atoms with Crippen LogP contribution in [-0.4, -0.2) is 37.2 Å². The molecule has 5 heteroatoms. The van der Waals surface area contributed by atoms with Crippen LogP contribution in [0, 0.1) is 5.92 Å². The molecular formula is C22H26O5. The molecule has 1 heterocycles. The Labute approximate surface area is 159 Å². The summed E-state index contributed by atoms with van der Waals surface area (Å²) < 4.78 is 17.2. The summed E-state index contributed by atoms with van der Waals surface area (Å²) in [7, 11) is 0. The van der Waals surface area contributed by atoms with Crippen molar-refractivity contribution in [2.45, 2.75) is 32.0 Å². The lowest BCUT2D eigenvalue weighted by atomic mass is 9.90. The van der Waals surface area contributed by atoms with Crippen LogP contribution in [0.3, 0.4) is 0 Å². The summed E-state index contributed by atoms with van der Waals surface area (Å²) in [6.45, 7) is 1.98. The Balaban J connectivity index is 1.58. The molecule has 0 radical (unpaired) electrons. The number of ether oxygens (including phenoxy) is 3. The molecule has 2 unspecified atom stereocenters. The minimum Gasteiger partial charge on any atom is -0.481 e. The number of aryl methyl sites for hydroxylation is 1. The van der Waals surface area contributed by atoms with E-state index in [1.807, 2.05) is 48.5 Å². The van der Waals surface area contributed by atoms with Crippen molar-refractivity contribution in [3.05, 3.63) is 71.3 Å². The zero-order chi connectivity index (χ0) is 18.9. The molecule has 1 saturated heterocycles. The quantitative estimate of drug-likeness (QED) is 0.732. The van der Waals surface area contributed by atoms with Crippen molar-refractivity contribution in [2.75, 3.05) is 20.0 Å². The van der Waals surface area contributed by atoms with Gasteiger partial charge < -0.3 is 19.3 Å². The topological polar surface area (TPSA) is 65.0 Å². The molecular weight excluding hydrogens is 344 g/mol. The SMILES string of the molecule is O=C(O)CCc1ccccc1CC1COCOC1COCc1ccccc1. The van der Waals surface area contributed by atoms with Crippen molar-refractivity contribution in [3.8, 4) is 0 Å². The summed E-state index contributed by atoms with van der Waals surface area (Å²) in [6, 6.07) is 18.1. The maximum Gasteiger partial charge on any atom is 0.303 e. The minimum absolute atomic E-state index is 0.0324. The highest BCUT2D eigenvalue weighted by Crippen LogP contribution is 2.23. The van der Waals surface area contributed by atoms with Gasteiger partial charge >= 0.3 is 5.97 Å². The van der Waals surface area contributed by atoms with Crippen LogP contribution in [0.5, 0.6) is 0 Å². The van der Waals surface area contributed by atoms with E-state index >= 15 is 0 Å². The van der Waals surface area contributed by atoms with Crippen LogP contribution in [0.4, 0.5) is 0 Å². The molecule has 1 aliphatic heterocycles. The molecule has 2 aromatic carbocycles. The Hall–Kier alpha value is -2.21. The Kier molecular flexibility index (Phi) is 7.39. The van der Waals surface area contributed by atoms with Crippen molar-refractivity contribution in [3.63, 3.8) is 0 Å². The maximum absolute atomic E-state index is 10.9. The summed E-state index contributed by atoms with van der Waals surface area (Å²) in [4.78, 5) is 10.9. The van der Waals surface area contributed by atoms with Gasteiger partial charge in [-0.2, -0.15) is 0 Å². The smallest absolute Gasteiger partial charge is 0.303 e. The van der Waals surface area contributed by atoms with Gasteiger partial charge in [-0.15, -0.1) is 0 Å². The zero-order valence-corrected chi connectivity index (χ0v) is 15.4. The lowest BCUT2D eigenvalue weighted by Crippen LogP contribution is -2.39. The number of rotatable bonds is 9. The second-order valence-corrected chi connectivity index (χ2v) is 6.82. The molecule has 0 amide bonds. The first-order valence-corrected chi connectivity index (χ1v) is 9.32. The first-order valence-electron chi connectivity index (χ1n) is 9.32. The molecule has 1 aliphatic rings. The molecule has 0 spiro atoms. The molecule has 5 nitrogen and oxygen atoms in total. The number of carboxylic acids is 1. The fourth-order valence-electron chi connectivity index (χ4n) is 3.34. The summed E-state index contributed by atoms with van der Waals surface area (Å²) in [6.07, 6.45) is 1.43. The van der Waals surface area contributed by atoms with Gasteiger partial charge in [-0.1, -0.05) is 54.6 Å². The molecule has 27 heavy (non-hydrogen) atoms. The second kappa shape index (κ2) is 10.2. The lowest BCUT2D eigenvalue weighted by Gasteiger charge is -2.32. The molecule has 1 fully saturated rings. The first-order chi connectivity index (χ1) is 13.2. The van der Waals surface area contributed by atoms with Crippen LogP contribution in [0.2, 0.25) is 0 Å². The van der Waals surface area contributed by atoms with E-state index in [9.17, 15) is 4.79 Å². The van der Waals surface area contributed by atoms with Crippen molar-refractivity contribution >= 4 is 5.97 Å². The van der Waals surface area contributed by atoms with Gasteiger partial charge in [-0.25, -0.2) is 0 Å². The van der Waals surface area contributed by atoms with Gasteiger partial charge in [0.25, 0.3) is 0 Å². The maximum atomic E-state index is 10.9. The third kappa shape index (κ3) is 6.17. The summed E-state index contributed by atoms with van der Waals surface area (Å²) in [5.41, 5.74) is 3.38. The number of hydrogen-bond acceptors (Lipinski definition) is 4. The summed E-state index contributed by atoms with van der Waals surface area (Å²) >= 11 is 0. The second-order valence-electron chi connectivity index (χ2n) is 6.82. The Bertz CT molecular complexity index is 716. The third-order valence-electron chi connectivity index (χ3n) is 4.83. The van der Waals surface area contributed by atoms with Crippen LogP contribution < -0.4 is 0 Å². The Morgan fingerprint density at radius 2 is 1.81 bits per heavy atom. The van der Waals surface area contributed by atoms with Gasteiger partial charge in [0.2, 0.25) is 0 Å².